The zero-order valence-electron chi connectivity index (χ0n) is 18.4. The van der Waals surface area contributed by atoms with Gasteiger partial charge in [-0.25, -0.2) is 0 Å². The van der Waals surface area contributed by atoms with Gasteiger partial charge < -0.3 is 24.1 Å². The summed E-state index contributed by atoms with van der Waals surface area (Å²) < 4.78 is 57.9. The van der Waals surface area contributed by atoms with Crippen molar-refractivity contribution in [3.05, 3.63) is 57.1 Å². The van der Waals surface area contributed by atoms with Crippen LogP contribution in [0.2, 0.25) is 5.02 Å². The maximum Gasteiger partial charge on any atom is 0.324 e. The predicted octanol–water partition coefficient (Wildman–Crippen LogP) is 2.62. The molecule has 0 spiro atoms. The third-order valence-corrected chi connectivity index (χ3v) is 7.04. The molecule has 14 heteroatoms. The molecule has 0 amide bonds. The second-order valence-corrected chi connectivity index (χ2v) is 10.0. The molecule has 12 nitrogen and oxygen atoms in total. The standard InChI is InChI=1S/C20H21ClN2O10S/c1-18(2)20(24,31-4)19(30-3,13-10-12(23(25)26)6-8-15(13)33-18)22-14-9-11(21)5-7-16(14)32-17(22)34(27,28)29/h5-10,17,24H,1-4H3,(H,27,28,29). The molecule has 0 saturated carbocycles. The lowest BCUT2D eigenvalue weighted by molar-refractivity contribution is -0.386. The van der Waals surface area contributed by atoms with Crippen LogP contribution in [0.15, 0.2) is 36.4 Å². The van der Waals surface area contributed by atoms with E-state index in [1.807, 2.05) is 0 Å². The van der Waals surface area contributed by atoms with Crippen molar-refractivity contribution < 1.29 is 41.9 Å². The SMILES string of the molecule is COC1(N2c3cc(Cl)ccc3OC2S(=O)(=O)O)c2cc([N+](=O)[O-])ccc2OC(C)(C)C1(O)OC. The fourth-order valence-corrected chi connectivity index (χ4v) is 5.43. The van der Waals surface area contributed by atoms with Crippen molar-refractivity contribution in [2.75, 3.05) is 19.1 Å². The number of nitrogens with zero attached hydrogens (tertiary/aromatic N) is 2. The van der Waals surface area contributed by atoms with E-state index in [2.05, 4.69) is 0 Å². The van der Waals surface area contributed by atoms with Crippen LogP contribution < -0.4 is 14.4 Å². The number of non-ortho nitro benzene ring substituents is 1. The fraction of sp³-hybridized carbons (Fsp3) is 0.400. The van der Waals surface area contributed by atoms with E-state index in [1.165, 1.54) is 44.2 Å². The second-order valence-electron chi connectivity index (χ2n) is 8.17. The van der Waals surface area contributed by atoms with Gasteiger partial charge in [-0.3, -0.25) is 19.6 Å². The summed E-state index contributed by atoms with van der Waals surface area (Å²) in [6.45, 7) is 2.90. The molecule has 0 fully saturated rings. The molecule has 2 aliphatic heterocycles. The maximum atomic E-state index is 12.5. The topological polar surface area (TPSA) is 158 Å². The van der Waals surface area contributed by atoms with Gasteiger partial charge in [0.1, 0.15) is 11.5 Å². The number of ether oxygens (including phenoxy) is 4. The van der Waals surface area contributed by atoms with Crippen LogP contribution >= 0.6 is 11.6 Å². The van der Waals surface area contributed by atoms with Crippen LogP contribution in [0.1, 0.15) is 19.4 Å². The Morgan fingerprint density at radius 3 is 2.35 bits per heavy atom. The number of hydrogen-bond donors (Lipinski definition) is 2. The van der Waals surface area contributed by atoms with Crippen molar-refractivity contribution in [2.24, 2.45) is 0 Å². The van der Waals surface area contributed by atoms with Gasteiger partial charge in [0, 0.05) is 31.4 Å². The van der Waals surface area contributed by atoms with E-state index in [9.17, 15) is 28.2 Å². The van der Waals surface area contributed by atoms with Crippen molar-refractivity contribution in [3.63, 3.8) is 0 Å². The molecule has 184 valence electrons. The summed E-state index contributed by atoms with van der Waals surface area (Å²) in [5.41, 5.74) is -6.71. The molecule has 34 heavy (non-hydrogen) atoms. The summed E-state index contributed by atoms with van der Waals surface area (Å²) in [6.07, 6.45) is 0. The van der Waals surface area contributed by atoms with Crippen molar-refractivity contribution in [2.45, 2.75) is 36.5 Å². The quantitative estimate of drug-likeness (QED) is 0.260. The van der Waals surface area contributed by atoms with Crippen LogP contribution in [0.25, 0.3) is 0 Å². The highest BCUT2D eigenvalue weighted by Crippen LogP contribution is 2.59. The zero-order chi connectivity index (χ0) is 25.3. The van der Waals surface area contributed by atoms with Crippen molar-refractivity contribution >= 4 is 33.1 Å². The van der Waals surface area contributed by atoms with Crippen LogP contribution in [0, 0.1) is 10.1 Å². The first-order valence-corrected chi connectivity index (χ1v) is 11.6. The Morgan fingerprint density at radius 2 is 1.79 bits per heavy atom. The Labute approximate surface area is 199 Å². The number of fused-ring (bicyclic) bond motifs is 2. The van der Waals surface area contributed by atoms with Crippen LogP contribution in [-0.4, -0.2) is 54.2 Å². The molecule has 0 saturated heterocycles. The van der Waals surface area contributed by atoms with Gasteiger partial charge in [0.15, 0.2) is 5.60 Å². The zero-order valence-corrected chi connectivity index (χ0v) is 20.0. The highest BCUT2D eigenvalue weighted by molar-refractivity contribution is 7.86. The predicted molar refractivity (Wildman–Crippen MR) is 118 cm³/mol. The number of nitro groups is 1. The highest BCUT2D eigenvalue weighted by atomic mass is 35.5. The highest BCUT2D eigenvalue weighted by Gasteiger charge is 2.73. The first-order chi connectivity index (χ1) is 15.7. The number of anilines is 1. The molecule has 3 atom stereocenters. The number of methoxy groups -OCH3 is 2. The van der Waals surface area contributed by atoms with E-state index in [0.29, 0.717) is 0 Å². The molecular formula is C20H21ClN2O10S. The Morgan fingerprint density at radius 1 is 1.15 bits per heavy atom. The Bertz CT molecular complexity index is 1290. The lowest BCUT2D eigenvalue weighted by Crippen LogP contribution is -2.77. The molecular weight excluding hydrogens is 496 g/mol. The van der Waals surface area contributed by atoms with Gasteiger partial charge in [0.05, 0.1) is 16.2 Å². The fourth-order valence-electron chi connectivity index (χ4n) is 4.51. The van der Waals surface area contributed by atoms with Gasteiger partial charge in [-0.05, 0) is 38.1 Å². The van der Waals surface area contributed by atoms with Gasteiger partial charge in [-0.1, -0.05) is 11.6 Å². The number of hydrogen-bond acceptors (Lipinski definition) is 10. The molecule has 2 heterocycles. The first kappa shape index (κ1) is 24.4. The molecule has 3 unspecified atom stereocenters. The number of aliphatic hydroxyl groups is 1. The monoisotopic (exact) mass is 516 g/mol. The molecule has 2 aromatic carbocycles. The molecule has 0 radical (unpaired) electrons. The van der Waals surface area contributed by atoms with E-state index in [0.717, 1.165) is 25.2 Å². The Kier molecular flexibility index (Phi) is 5.51. The molecule has 2 aromatic rings. The van der Waals surface area contributed by atoms with Crippen molar-refractivity contribution in [1.29, 1.82) is 0 Å². The summed E-state index contributed by atoms with van der Waals surface area (Å²) in [6, 6.07) is 7.65. The minimum Gasteiger partial charge on any atom is -0.482 e. The van der Waals surface area contributed by atoms with Crippen molar-refractivity contribution in [3.8, 4) is 11.5 Å². The first-order valence-electron chi connectivity index (χ1n) is 9.76. The maximum absolute atomic E-state index is 12.5. The summed E-state index contributed by atoms with van der Waals surface area (Å²) >= 11 is 6.16. The molecule has 2 N–H and O–H groups in total. The average Bonchev–Trinajstić information content (AvgIpc) is 3.13. The second kappa shape index (κ2) is 7.66. The molecule has 2 aliphatic rings. The summed E-state index contributed by atoms with van der Waals surface area (Å²) in [5, 5.41) is 23.7. The minimum absolute atomic E-state index is 0.00241. The largest absolute Gasteiger partial charge is 0.482 e. The van der Waals surface area contributed by atoms with E-state index in [4.69, 9.17) is 30.5 Å². The van der Waals surface area contributed by atoms with Crippen LogP contribution in [0.4, 0.5) is 11.4 Å². The molecule has 0 bridgehead atoms. The van der Waals surface area contributed by atoms with Gasteiger partial charge in [-0.15, -0.1) is 0 Å². The average molecular weight is 517 g/mol. The Balaban J connectivity index is 2.18. The normalized spacial score (nSPS) is 27.4. The number of benzene rings is 2. The van der Waals surface area contributed by atoms with Crippen molar-refractivity contribution in [1.82, 2.24) is 0 Å². The molecule has 0 aliphatic carbocycles. The lowest BCUT2D eigenvalue weighted by atomic mass is 9.78. The van der Waals surface area contributed by atoms with Crippen LogP contribution in [0.5, 0.6) is 11.5 Å². The number of nitro benzene ring substituents is 1. The number of halogens is 1. The van der Waals surface area contributed by atoms with E-state index >= 15 is 0 Å². The Hall–Kier alpha value is -2.68. The third kappa shape index (κ3) is 3.16. The third-order valence-electron chi connectivity index (χ3n) is 5.98. The lowest BCUT2D eigenvalue weighted by Gasteiger charge is -2.58. The van der Waals surface area contributed by atoms with E-state index in [1.54, 1.807) is 0 Å². The van der Waals surface area contributed by atoms with Crippen LogP contribution in [-0.2, 0) is 25.3 Å². The van der Waals surface area contributed by atoms with Gasteiger partial charge in [0.25, 0.3) is 11.5 Å². The van der Waals surface area contributed by atoms with E-state index < -0.39 is 43.4 Å². The number of rotatable bonds is 5. The van der Waals surface area contributed by atoms with Gasteiger partial charge in [0.2, 0.25) is 5.72 Å². The van der Waals surface area contributed by atoms with Gasteiger partial charge >= 0.3 is 15.7 Å². The molecule has 0 aromatic heterocycles. The summed E-state index contributed by atoms with van der Waals surface area (Å²) in [7, 11) is -2.75. The minimum atomic E-state index is -5.02. The molecule has 4 rings (SSSR count). The van der Waals surface area contributed by atoms with Gasteiger partial charge in [-0.2, -0.15) is 8.42 Å². The van der Waals surface area contributed by atoms with Crippen LogP contribution in [0.3, 0.4) is 0 Å². The summed E-state index contributed by atoms with van der Waals surface area (Å²) in [4.78, 5) is 11.8. The van der Waals surface area contributed by atoms with E-state index in [-0.39, 0.29) is 27.8 Å². The smallest absolute Gasteiger partial charge is 0.324 e. The summed E-state index contributed by atoms with van der Waals surface area (Å²) in [5.74, 6) is -2.52.